The highest BCUT2D eigenvalue weighted by atomic mass is 16.3. The van der Waals surface area contributed by atoms with Crippen LogP contribution in [0.3, 0.4) is 0 Å². The van der Waals surface area contributed by atoms with E-state index >= 15 is 0 Å². The Morgan fingerprint density at radius 2 is 0.600 bits per heavy atom. The van der Waals surface area contributed by atoms with Gasteiger partial charge < -0.3 is 31.3 Å². The zero-order valence-corrected chi connectivity index (χ0v) is 31.7. The Hall–Kier alpha value is -8.64. The summed E-state index contributed by atoms with van der Waals surface area (Å²) in [7, 11) is 0. The van der Waals surface area contributed by atoms with Crippen LogP contribution in [0.2, 0.25) is 0 Å². The fraction of sp³-hybridized carbons (Fsp3) is 0. The maximum absolute atomic E-state index is 13.3. The molecule has 6 aromatic carbocycles. The lowest BCUT2D eigenvalue weighted by Gasteiger charge is -2.09. The molecule has 0 bridgehead atoms. The van der Waals surface area contributed by atoms with E-state index in [1.807, 2.05) is 0 Å². The van der Waals surface area contributed by atoms with Crippen LogP contribution in [-0.2, 0) is 0 Å². The minimum atomic E-state index is -0.435. The van der Waals surface area contributed by atoms with Crippen molar-refractivity contribution in [2.24, 2.45) is 0 Å². The highest BCUT2D eigenvalue weighted by Crippen LogP contribution is 2.26. The van der Waals surface area contributed by atoms with Crippen LogP contribution in [0.4, 0.5) is 17.1 Å². The van der Waals surface area contributed by atoms with Crippen molar-refractivity contribution in [1.82, 2.24) is 15.0 Å². The number of benzene rings is 6. The first kappa shape index (κ1) is 39.6. The summed E-state index contributed by atoms with van der Waals surface area (Å²) in [5, 5.41) is 38.9. The molecule has 0 aliphatic rings. The number of hydrogen-bond donors (Lipinski definition) is 6. The molecule has 294 valence electrons. The molecule has 7 aromatic rings. The van der Waals surface area contributed by atoms with Gasteiger partial charge in [0.2, 0.25) is 0 Å². The van der Waals surface area contributed by atoms with Crippen LogP contribution >= 0.6 is 0 Å². The molecular formula is C48H36N6O6. The smallest absolute Gasteiger partial charge is 0.256 e. The number of phenols is 3. The third-order valence-corrected chi connectivity index (χ3v) is 9.00. The van der Waals surface area contributed by atoms with Gasteiger partial charge in [0.1, 0.15) is 17.2 Å². The van der Waals surface area contributed by atoms with Gasteiger partial charge in [0.05, 0.1) is 17.1 Å². The highest BCUT2D eigenvalue weighted by molar-refractivity contribution is 6.09. The summed E-state index contributed by atoms with van der Waals surface area (Å²) in [5.41, 5.74) is 3.45. The van der Waals surface area contributed by atoms with Gasteiger partial charge in [-0.25, -0.2) is 15.0 Å². The summed E-state index contributed by atoms with van der Waals surface area (Å²) in [4.78, 5) is 53.9. The number of aromatic nitrogens is 3. The number of carbonyl (C=O) groups is 3. The van der Waals surface area contributed by atoms with Crippen molar-refractivity contribution in [2.75, 3.05) is 16.0 Å². The summed E-state index contributed by atoms with van der Waals surface area (Å²) in [6, 6.07) is 40.1. The lowest BCUT2D eigenvalue weighted by molar-refractivity contribution is 0.101. The number of nitrogens with one attached hydrogen (secondary N) is 3. The van der Waals surface area contributed by atoms with E-state index in [2.05, 4.69) is 30.9 Å². The minimum Gasteiger partial charge on any atom is -0.506 e. The van der Waals surface area contributed by atoms with Crippen LogP contribution < -0.4 is 16.0 Å². The van der Waals surface area contributed by atoms with Crippen LogP contribution in [0.1, 0.15) is 65.2 Å². The summed E-state index contributed by atoms with van der Waals surface area (Å²) in [5.74, 6) is -0.808. The van der Waals surface area contributed by atoms with Gasteiger partial charge in [0, 0.05) is 16.7 Å². The molecule has 0 aliphatic heterocycles. The largest absolute Gasteiger partial charge is 0.506 e. The number of anilines is 3. The average Bonchev–Trinajstić information content (AvgIpc) is 3.27. The van der Waals surface area contributed by atoms with Crippen molar-refractivity contribution in [3.05, 3.63) is 196 Å². The third kappa shape index (κ3) is 9.83. The van der Waals surface area contributed by atoms with Gasteiger partial charge >= 0.3 is 0 Å². The second-order valence-corrected chi connectivity index (χ2v) is 13.1. The number of aromatic hydroxyl groups is 3. The maximum Gasteiger partial charge on any atom is 0.256 e. The zero-order chi connectivity index (χ0) is 41.8. The van der Waals surface area contributed by atoms with Gasteiger partial charge in [0.15, 0.2) is 17.5 Å². The number of hydrogen-bond acceptors (Lipinski definition) is 9. The van der Waals surface area contributed by atoms with Crippen molar-refractivity contribution < 1.29 is 29.7 Å². The molecule has 0 fully saturated rings. The minimum absolute atomic E-state index is 0.0669. The van der Waals surface area contributed by atoms with Crippen LogP contribution in [0.25, 0.3) is 36.5 Å². The first-order chi connectivity index (χ1) is 29.2. The van der Waals surface area contributed by atoms with Gasteiger partial charge in [-0.15, -0.1) is 0 Å². The highest BCUT2D eigenvalue weighted by Gasteiger charge is 2.15. The molecule has 60 heavy (non-hydrogen) atoms. The van der Waals surface area contributed by atoms with E-state index in [0.717, 1.165) is 0 Å². The normalized spacial score (nSPS) is 11.2. The van der Waals surface area contributed by atoms with Gasteiger partial charge in [-0.1, -0.05) is 109 Å². The molecule has 0 unspecified atom stereocenters. The molecule has 0 aliphatic carbocycles. The quantitative estimate of drug-likeness (QED) is 0.0656. The van der Waals surface area contributed by atoms with Crippen molar-refractivity contribution in [3.63, 3.8) is 0 Å². The summed E-state index contributed by atoms with van der Waals surface area (Å²) in [6.07, 6.45) is 9.95. The Balaban J connectivity index is 1.22. The molecular weight excluding hydrogens is 757 g/mol. The molecule has 0 radical (unpaired) electrons. The number of amides is 3. The zero-order valence-electron chi connectivity index (χ0n) is 31.7. The summed E-state index contributed by atoms with van der Waals surface area (Å²) >= 11 is 0. The first-order valence-corrected chi connectivity index (χ1v) is 18.6. The van der Waals surface area contributed by atoms with Crippen LogP contribution in [0, 0.1) is 0 Å². The summed E-state index contributed by atoms with van der Waals surface area (Å²) in [6.45, 7) is 0. The first-order valence-electron chi connectivity index (χ1n) is 18.6. The van der Waals surface area contributed by atoms with Gasteiger partial charge in [0.25, 0.3) is 17.7 Å². The molecule has 3 amide bonds. The topological polar surface area (TPSA) is 187 Å². The summed E-state index contributed by atoms with van der Waals surface area (Å²) < 4.78 is 0. The molecule has 0 saturated heterocycles. The second-order valence-electron chi connectivity index (χ2n) is 13.1. The predicted molar refractivity (Wildman–Crippen MR) is 234 cm³/mol. The molecule has 0 spiro atoms. The van der Waals surface area contributed by atoms with E-state index in [0.29, 0.717) is 33.4 Å². The average molecular weight is 793 g/mol. The molecule has 0 saturated carbocycles. The Morgan fingerprint density at radius 1 is 0.350 bits per heavy atom. The van der Waals surface area contributed by atoms with E-state index in [1.165, 1.54) is 18.2 Å². The van der Waals surface area contributed by atoms with E-state index in [1.54, 1.807) is 164 Å². The second kappa shape index (κ2) is 18.5. The fourth-order valence-corrected chi connectivity index (χ4v) is 6.00. The number of rotatable bonds is 12. The van der Waals surface area contributed by atoms with E-state index in [-0.39, 0.29) is 51.8 Å². The molecule has 12 heteroatoms. The predicted octanol–water partition coefficient (Wildman–Crippen LogP) is 9.26. The Labute approximate surface area is 344 Å². The van der Waals surface area contributed by atoms with Crippen LogP contribution in [0.15, 0.2) is 146 Å². The maximum atomic E-state index is 13.3. The Kier molecular flexibility index (Phi) is 12.2. The van der Waals surface area contributed by atoms with E-state index < -0.39 is 17.7 Å². The fourth-order valence-electron chi connectivity index (χ4n) is 6.00. The lowest BCUT2D eigenvalue weighted by Crippen LogP contribution is -2.13. The standard InChI is InChI=1S/C48H36N6O6/c55-40-22-10-7-19-37(40)49-46(58)34-16-4-1-13-31(34)25-28-43-52-44(29-26-32-14-2-5-17-35(32)47(59)50-38-20-8-11-23-41(38)56)54-45(53-43)30-27-33-15-3-6-18-36(33)48(60)51-39-21-9-12-24-42(39)57/h1-30,55-57H,(H,49,58)(H,50,59)(H,51,60)/b28-25+,29-26+,30-27+. The van der Waals surface area contributed by atoms with E-state index in [9.17, 15) is 29.7 Å². The van der Waals surface area contributed by atoms with Gasteiger partial charge in [-0.2, -0.15) is 0 Å². The molecule has 6 N–H and O–H groups in total. The van der Waals surface area contributed by atoms with Crippen molar-refractivity contribution in [3.8, 4) is 17.2 Å². The van der Waals surface area contributed by atoms with Crippen LogP contribution in [-0.4, -0.2) is 48.0 Å². The van der Waals surface area contributed by atoms with Crippen molar-refractivity contribution in [2.45, 2.75) is 0 Å². The number of phenolic OH excluding ortho intramolecular Hbond substituents is 3. The van der Waals surface area contributed by atoms with Gasteiger partial charge in [-0.3, -0.25) is 14.4 Å². The number of nitrogens with zero attached hydrogens (tertiary/aromatic N) is 3. The van der Waals surface area contributed by atoms with Crippen LogP contribution in [0.5, 0.6) is 17.2 Å². The van der Waals surface area contributed by atoms with Crippen molar-refractivity contribution in [1.29, 1.82) is 0 Å². The lowest BCUT2D eigenvalue weighted by atomic mass is 10.1. The number of para-hydroxylation sites is 6. The Morgan fingerprint density at radius 3 is 0.883 bits per heavy atom. The van der Waals surface area contributed by atoms with Crippen molar-refractivity contribution >= 4 is 71.2 Å². The molecule has 12 nitrogen and oxygen atoms in total. The number of carbonyl (C=O) groups excluding carboxylic acids is 3. The molecule has 0 atom stereocenters. The Bertz CT molecular complexity index is 2500. The molecule has 1 heterocycles. The van der Waals surface area contributed by atoms with E-state index in [4.69, 9.17) is 0 Å². The third-order valence-electron chi connectivity index (χ3n) is 9.00. The molecule has 7 rings (SSSR count). The monoisotopic (exact) mass is 792 g/mol. The SMILES string of the molecule is O=C(Nc1ccccc1O)c1ccccc1/C=C/c1nc(/C=C/c2ccccc2C(=O)Nc2ccccc2O)nc(/C=C/c2ccccc2C(=O)Nc2ccccc2O)n1. The van der Waals surface area contributed by atoms with Gasteiger partial charge in [-0.05, 0) is 89.5 Å². The molecule has 1 aromatic heterocycles.